The average Bonchev–Trinajstić information content (AvgIpc) is 2.52. The number of carbonyl (C=O) groups is 3. The summed E-state index contributed by atoms with van der Waals surface area (Å²) >= 11 is 0. The minimum atomic E-state index is -1.10. The molecule has 3 aliphatic carbocycles. The minimum absolute atomic E-state index is 0.0392. The van der Waals surface area contributed by atoms with Crippen molar-refractivity contribution in [3.63, 3.8) is 0 Å². The number of allylic oxidation sites excluding steroid dienone is 2. The lowest BCUT2D eigenvalue weighted by Gasteiger charge is -2.54. The van der Waals surface area contributed by atoms with Gasteiger partial charge in [0, 0.05) is 16.7 Å². The van der Waals surface area contributed by atoms with E-state index < -0.39 is 23.1 Å². The molecule has 0 aromatic carbocycles. The SMILES string of the molecule is CC(C)C1=C(O)C2=C(C(=O)C1=O)[C@@]1(C=O)CCCC(C)(C)[C@@H]1C[C@H]2O. The summed E-state index contributed by atoms with van der Waals surface area (Å²) in [7, 11) is 0. The fraction of sp³-hybridized carbons (Fsp3) is 0.650. The van der Waals surface area contributed by atoms with Crippen LogP contribution in [0.15, 0.2) is 22.5 Å². The van der Waals surface area contributed by atoms with Crippen LogP contribution < -0.4 is 0 Å². The molecule has 3 rings (SSSR count). The highest BCUT2D eigenvalue weighted by Crippen LogP contribution is 2.60. The van der Waals surface area contributed by atoms with Gasteiger partial charge in [0.2, 0.25) is 11.6 Å². The van der Waals surface area contributed by atoms with Crippen molar-refractivity contribution in [2.75, 3.05) is 0 Å². The Bertz CT molecular complexity index is 724. The number of hydrogen-bond acceptors (Lipinski definition) is 5. The van der Waals surface area contributed by atoms with Gasteiger partial charge in [-0.15, -0.1) is 0 Å². The standard InChI is InChI=1S/C20H26O5/c1-10(2)13-16(23)14-11(22)8-12-19(3,4)6-5-7-20(12,9-21)15(14)18(25)17(13)24/h9-12,22-23H,5-8H2,1-4H3/t11-,12+,20-/m1/s1. The molecule has 136 valence electrons. The van der Waals surface area contributed by atoms with Crippen LogP contribution in [-0.2, 0) is 14.4 Å². The van der Waals surface area contributed by atoms with Crippen molar-refractivity contribution < 1.29 is 24.6 Å². The van der Waals surface area contributed by atoms with Crippen molar-refractivity contribution in [1.82, 2.24) is 0 Å². The van der Waals surface area contributed by atoms with Crippen LogP contribution >= 0.6 is 0 Å². The fourth-order valence-corrected chi connectivity index (χ4v) is 5.30. The van der Waals surface area contributed by atoms with Gasteiger partial charge in [-0.25, -0.2) is 0 Å². The zero-order chi connectivity index (χ0) is 18.7. The normalized spacial score (nSPS) is 35.0. The van der Waals surface area contributed by atoms with Gasteiger partial charge in [-0.05, 0) is 36.5 Å². The molecule has 2 N–H and O–H groups in total. The second-order valence-electron chi connectivity index (χ2n) is 8.67. The first-order chi connectivity index (χ1) is 11.6. The highest BCUT2D eigenvalue weighted by Gasteiger charge is 2.59. The van der Waals surface area contributed by atoms with E-state index in [0.29, 0.717) is 12.8 Å². The Balaban J connectivity index is 2.33. The van der Waals surface area contributed by atoms with E-state index in [1.165, 1.54) is 0 Å². The van der Waals surface area contributed by atoms with Gasteiger partial charge in [-0.3, -0.25) is 9.59 Å². The molecule has 1 saturated carbocycles. The minimum Gasteiger partial charge on any atom is -0.507 e. The molecule has 3 atom stereocenters. The number of carbonyl (C=O) groups excluding carboxylic acids is 3. The molecule has 0 spiro atoms. The first-order valence-corrected chi connectivity index (χ1v) is 9.00. The van der Waals surface area contributed by atoms with Crippen molar-refractivity contribution in [3.8, 4) is 0 Å². The zero-order valence-corrected chi connectivity index (χ0v) is 15.3. The number of hydrogen-bond donors (Lipinski definition) is 2. The number of ketones is 2. The van der Waals surface area contributed by atoms with Gasteiger partial charge in [-0.1, -0.05) is 34.1 Å². The maximum Gasteiger partial charge on any atom is 0.233 e. The van der Waals surface area contributed by atoms with Gasteiger partial charge >= 0.3 is 0 Å². The lowest BCUT2D eigenvalue weighted by Crippen LogP contribution is -2.54. The first kappa shape index (κ1) is 18.1. The van der Waals surface area contributed by atoms with Crippen LogP contribution in [0.25, 0.3) is 0 Å². The van der Waals surface area contributed by atoms with Gasteiger partial charge in [0.25, 0.3) is 0 Å². The number of aliphatic hydroxyl groups excluding tert-OH is 2. The molecule has 0 bridgehead atoms. The summed E-state index contributed by atoms with van der Waals surface area (Å²) in [6.07, 6.45) is 2.18. The van der Waals surface area contributed by atoms with E-state index in [1.807, 2.05) is 13.8 Å². The van der Waals surface area contributed by atoms with E-state index in [1.54, 1.807) is 13.8 Å². The Morgan fingerprint density at radius 3 is 2.36 bits per heavy atom. The highest BCUT2D eigenvalue weighted by molar-refractivity contribution is 6.51. The Morgan fingerprint density at radius 2 is 1.80 bits per heavy atom. The van der Waals surface area contributed by atoms with Crippen LogP contribution in [0.4, 0.5) is 0 Å². The first-order valence-electron chi connectivity index (χ1n) is 9.00. The monoisotopic (exact) mass is 346 g/mol. The largest absolute Gasteiger partial charge is 0.507 e. The Labute approximate surface area is 147 Å². The molecule has 0 radical (unpaired) electrons. The summed E-state index contributed by atoms with van der Waals surface area (Å²) in [6, 6.07) is 0. The molecule has 0 aromatic rings. The number of aldehydes is 1. The third-order valence-corrected chi connectivity index (χ3v) is 6.48. The molecule has 0 aliphatic heterocycles. The third-order valence-electron chi connectivity index (χ3n) is 6.48. The molecule has 0 heterocycles. The zero-order valence-electron chi connectivity index (χ0n) is 15.3. The second-order valence-corrected chi connectivity index (χ2v) is 8.67. The van der Waals surface area contributed by atoms with E-state index in [-0.39, 0.29) is 39.7 Å². The van der Waals surface area contributed by atoms with Crippen molar-refractivity contribution in [3.05, 3.63) is 22.5 Å². The van der Waals surface area contributed by atoms with Crippen molar-refractivity contribution in [2.24, 2.45) is 22.7 Å². The van der Waals surface area contributed by atoms with Crippen LogP contribution in [0, 0.1) is 22.7 Å². The van der Waals surface area contributed by atoms with Crippen LogP contribution in [0.3, 0.4) is 0 Å². The molecule has 1 fully saturated rings. The second kappa shape index (κ2) is 5.63. The molecule has 0 amide bonds. The molecular weight excluding hydrogens is 320 g/mol. The molecule has 0 saturated heterocycles. The Morgan fingerprint density at radius 1 is 1.16 bits per heavy atom. The average molecular weight is 346 g/mol. The number of aliphatic hydroxyl groups is 2. The van der Waals surface area contributed by atoms with Gasteiger partial charge in [-0.2, -0.15) is 0 Å². The molecule has 5 heteroatoms. The van der Waals surface area contributed by atoms with Gasteiger partial charge in [0.1, 0.15) is 12.0 Å². The number of fused-ring (bicyclic) bond motifs is 2. The predicted octanol–water partition coefficient (Wildman–Crippen LogP) is 2.68. The van der Waals surface area contributed by atoms with Crippen molar-refractivity contribution in [1.29, 1.82) is 0 Å². The summed E-state index contributed by atoms with van der Waals surface area (Å²) < 4.78 is 0. The smallest absolute Gasteiger partial charge is 0.233 e. The van der Waals surface area contributed by atoms with Crippen molar-refractivity contribution in [2.45, 2.75) is 59.5 Å². The molecule has 25 heavy (non-hydrogen) atoms. The highest BCUT2D eigenvalue weighted by atomic mass is 16.3. The summed E-state index contributed by atoms with van der Waals surface area (Å²) in [4.78, 5) is 37.9. The van der Waals surface area contributed by atoms with Crippen LogP contribution in [0.2, 0.25) is 0 Å². The number of Topliss-reactive ketones (excluding diaryl/α,β-unsaturated/α-hetero) is 2. The van der Waals surface area contributed by atoms with Crippen molar-refractivity contribution >= 4 is 17.9 Å². The van der Waals surface area contributed by atoms with E-state index in [0.717, 1.165) is 19.1 Å². The van der Waals surface area contributed by atoms with E-state index >= 15 is 0 Å². The molecule has 0 aromatic heterocycles. The molecular formula is C20H26O5. The number of rotatable bonds is 2. The van der Waals surface area contributed by atoms with E-state index in [2.05, 4.69) is 0 Å². The molecule has 5 nitrogen and oxygen atoms in total. The van der Waals surface area contributed by atoms with E-state index in [4.69, 9.17) is 0 Å². The lowest BCUT2D eigenvalue weighted by molar-refractivity contribution is -0.138. The topological polar surface area (TPSA) is 91.7 Å². The summed E-state index contributed by atoms with van der Waals surface area (Å²) in [5, 5.41) is 21.4. The maximum absolute atomic E-state index is 13.0. The maximum atomic E-state index is 13.0. The van der Waals surface area contributed by atoms with Gasteiger partial charge in [0.05, 0.1) is 11.5 Å². The Kier molecular flexibility index (Phi) is 4.06. The van der Waals surface area contributed by atoms with Crippen LogP contribution in [-0.4, -0.2) is 34.2 Å². The summed E-state index contributed by atoms with van der Waals surface area (Å²) in [5.74, 6) is -2.35. The Hall–Kier alpha value is -1.75. The summed E-state index contributed by atoms with van der Waals surface area (Å²) in [5.41, 5.74) is -1.14. The predicted molar refractivity (Wildman–Crippen MR) is 91.8 cm³/mol. The van der Waals surface area contributed by atoms with Crippen LogP contribution in [0.5, 0.6) is 0 Å². The van der Waals surface area contributed by atoms with Crippen LogP contribution in [0.1, 0.15) is 53.4 Å². The molecule has 3 aliphatic rings. The molecule has 0 unspecified atom stereocenters. The lowest BCUT2D eigenvalue weighted by atomic mass is 9.48. The van der Waals surface area contributed by atoms with Gasteiger partial charge < -0.3 is 15.0 Å². The van der Waals surface area contributed by atoms with E-state index in [9.17, 15) is 24.6 Å². The summed E-state index contributed by atoms with van der Waals surface area (Å²) in [6.45, 7) is 7.52. The third kappa shape index (κ3) is 2.28. The van der Waals surface area contributed by atoms with Gasteiger partial charge in [0.15, 0.2) is 0 Å². The quantitative estimate of drug-likeness (QED) is 0.456. The fourth-order valence-electron chi connectivity index (χ4n) is 5.30.